The highest BCUT2D eigenvalue weighted by atomic mass is 32.2. The second-order valence-electron chi connectivity index (χ2n) is 5.54. The number of carboxylic acids is 1. The molecule has 0 aliphatic carbocycles. The minimum absolute atomic E-state index is 0.0902. The van der Waals surface area contributed by atoms with Crippen LogP contribution in [0, 0.1) is 5.92 Å². The molecule has 6 heteroatoms. The molecule has 2 rings (SSSR count). The Morgan fingerprint density at radius 2 is 2.14 bits per heavy atom. The molecule has 1 saturated heterocycles. The van der Waals surface area contributed by atoms with E-state index in [0.29, 0.717) is 13.0 Å². The molecule has 1 aromatic carbocycles. The SMILES string of the molecule is CSc1ccccc1NC(=O)C(C)N1CCCC(C(=O)O)C1. The third-order valence-corrected chi connectivity index (χ3v) is 4.89. The highest BCUT2D eigenvalue weighted by Crippen LogP contribution is 2.25. The van der Waals surface area contributed by atoms with E-state index >= 15 is 0 Å². The molecule has 0 saturated carbocycles. The summed E-state index contributed by atoms with van der Waals surface area (Å²) >= 11 is 1.58. The Kier molecular flexibility index (Phi) is 5.85. The molecule has 2 unspecified atom stereocenters. The molecule has 0 radical (unpaired) electrons. The van der Waals surface area contributed by atoms with Crippen LogP contribution in [0.5, 0.6) is 0 Å². The number of aliphatic carboxylic acids is 1. The fourth-order valence-corrected chi connectivity index (χ4v) is 3.26. The van der Waals surface area contributed by atoms with Gasteiger partial charge in [-0.05, 0) is 44.7 Å². The van der Waals surface area contributed by atoms with Crippen LogP contribution in [0.1, 0.15) is 19.8 Å². The number of carboxylic acid groups (broad SMARTS) is 1. The van der Waals surface area contributed by atoms with Crippen molar-refractivity contribution in [1.82, 2.24) is 4.90 Å². The largest absolute Gasteiger partial charge is 0.481 e. The van der Waals surface area contributed by atoms with Crippen molar-refractivity contribution in [2.45, 2.75) is 30.7 Å². The van der Waals surface area contributed by atoms with Gasteiger partial charge in [0.25, 0.3) is 0 Å². The van der Waals surface area contributed by atoms with Crippen LogP contribution in [0.3, 0.4) is 0 Å². The van der Waals surface area contributed by atoms with Crippen LogP contribution >= 0.6 is 11.8 Å². The number of thioether (sulfide) groups is 1. The van der Waals surface area contributed by atoms with Gasteiger partial charge in [0.1, 0.15) is 0 Å². The van der Waals surface area contributed by atoms with Gasteiger partial charge in [-0.25, -0.2) is 0 Å². The lowest BCUT2D eigenvalue weighted by atomic mass is 9.97. The van der Waals surface area contributed by atoms with Crippen molar-refractivity contribution >= 4 is 29.3 Å². The molecule has 2 atom stereocenters. The number of benzene rings is 1. The number of anilines is 1. The molecule has 2 N–H and O–H groups in total. The first-order chi connectivity index (χ1) is 10.5. The molecule has 0 spiro atoms. The van der Waals surface area contributed by atoms with Crippen molar-refractivity contribution in [3.05, 3.63) is 24.3 Å². The number of carbonyl (C=O) groups excluding carboxylic acids is 1. The number of nitrogens with one attached hydrogen (secondary N) is 1. The van der Waals surface area contributed by atoms with Crippen LogP contribution in [0.25, 0.3) is 0 Å². The first-order valence-corrected chi connectivity index (χ1v) is 8.66. The van der Waals surface area contributed by atoms with Gasteiger partial charge >= 0.3 is 5.97 Å². The van der Waals surface area contributed by atoms with Crippen LogP contribution in [-0.4, -0.2) is 47.3 Å². The van der Waals surface area contributed by atoms with Crippen molar-refractivity contribution in [2.75, 3.05) is 24.7 Å². The Morgan fingerprint density at radius 1 is 1.41 bits per heavy atom. The van der Waals surface area contributed by atoms with Gasteiger partial charge in [-0.2, -0.15) is 0 Å². The Labute approximate surface area is 135 Å². The van der Waals surface area contributed by atoms with E-state index < -0.39 is 5.97 Å². The molecule has 22 heavy (non-hydrogen) atoms. The topological polar surface area (TPSA) is 69.6 Å². The highest BCUT2D eigenvalue weighted by Gasteiger charge is 2.30. The van der Waals surface area contributed by atoms with E-state index in [-0.39, 0.29) is 17.9 Å². The fourth-order valence-electron chi connectivity index (χ4n) is 2.71. The predicted molar refractivity (Wildman–Crippen MR) is 88.2 cm³/mol. The van der Waals surface area contributed by atoms with Gasteiger partial charge in [0.15, 0.2) is 0 Å². The van der Waals surface area contributed by atoms with Gasteiger partial charge in [-0.3, -0.25) is 14.5 Å². The van der Waals surface area contributed by atoms with E-state index in [1.807, 2.05) is 42.3 Å². The zero-order valence-corrected chi connectivity index (χ0v) is 13.7. The molecular weight excluding hydrogens is 300 g/mol. The van der Waals surface area contributed by atoms with Crippen molar-refractivity contribution in [2.24, 2.45) is 5.92 Å². The Bertz CT molecular complexity index is 550. The molecule has 1 aromatic rings. The van der Waals surface area contributed by atoms with Crippen LogP contribution in [0.4, 0.5) is 5.69 Å². The minimum atomic E-state index is -0.773. The van der Waals surface area contributed by atoms with Crippen LogP contribution < -0.4 is 5.32 Å². The number of carbonyl (C=O) groups is 2. The molecule has 1 fully saturated rings. The number of piperidine rings is 1. The number of hydrogen-bond acceptors (Lipinski definition) is 4. The summed E-state index contributed by atoms with van der Waals surface area (Å²) in [4.78, 5) is 26.6. The number of rotatable bonds is 5. The van der Waals surface area contributed by atoms with E-state index in [2.05, 4.69) is 5.32 Å². The quantitative estimate of drug-likeness (QED) is 0.815. The monoisotopic (exact) mass is 322 g/mol. The van der Waals surface area contributed by atoms with E-state index in [9.17, 15) is 9.59 Å². The molecule has 120 valence electrons. The maximum atomic E-state index is 12.4. The maximum Gasteiger partial charge on any atom is 0.307 e. The summed E-state index contributed by atoms with van der Waals surface area (Å²) in [5.74, 6) is -1.24. The zero-order valence-electron chi connectivity index (χ0n) is 12.9. The number of likely N-dealkylation sites (tertiary alicyclic amines) is 1. The second-order valence-corrected chi connectivity index (χ2v) is 6.39. The molecule has 0 aromatic heterocycles. The lowest BCUT2D eigenvalue weighted by Crippen LogP contribution is -2.48. The summed E-state index contributed by atoms with van der Waals surface area (Å²) in [6.07, 6.45) is 3.47. The molecule has 1 heterocycles. The summed E-state index contributed by atoms with van der Waals surface area (Å²) < 4.78 is 0. The van der Waals surface area contributed by atoms with E-state index in [0.717, 1.165) is 23.5 Å². The van der Waals surface area contributed by atoms with Gasteiger partial charge in [-0.15, -0.1) is 11.8 Å². The molecule has 1 aliphatic rings. The predicted octanol–water partition coefficient (Wildman–Crippen LogP) is 2.53. The third kappa shape index (κ3) is 4.01. The molecule has 1 aliphatic heterocycles. The smallest absolute Gasteiger partial charge is 0.307 e. The van der Waals surface area contributed by atoms with Gasteiger partial charge in [0, 0.05) is 11.4 Å². The minimum Gasteiger partial charge on any atom is -0.481 e. The normalized spacial score (nSPS) is 20.4. The van der Waals surface area contributed by atoms with Crippen molar-refractivity contribution < 1.29 is 14.7 Å². The number of nitrogens with zero attached hydrogens (tertiary/aromatic N) is 1. The molecular formula is C16H22N2O3S. The summed E-state index contributed by atoms with van der Waals surface area (Å²) in [5, 5.41) is 12.1. The molecule has 0 bridgehead atoms. The number of amides is 1. The second kappa shape index (κ2) is 7.65. The summed E-state index contributed by atoms with van der Waals surface area (Å²) in [5.41, 5.74) is 0.804. The molecule has 1 amide bonds. The van der Waals surface area contributed by atoms with E-state index in [1.54, 1.807) is 11.8 Å². The number of hydrogen-bond donors (Lipinski definition) is 2. The highest BCUT2D eigenvalue weighted by molar-refractivity contribution is 7.98. The number of para-hydroxylation sites is 1. The van der Waals surface area contributed by atoms with Gasteiger partial charge in [0.05, 0.1) is 17.6 Å². The summed E-state index contributed by atoms with van der Waals surface area (Å²) in [7, 11) is 0. The lowest BCUT2D eigenvalue weighted by molar-refractivity contribution is -0.144. The van der Waals surface area contributed by atoms with Crippen molar-refractivity contribution in [1.29, 1.82) is 0 Å². The van der Waals surface area contributed by atoms with Gasteiger partial charge < -0.3 is 10.4 Å². The van der Waals surface area contributed by atoms with Crippen molar-refractivity contribution in [3.63, 3.8) is 0 Å². The Hall–Kier alpha value is -1.53. The maximum absolute atomic E-state index is 12.4. The zero-order chi connectivity index (χ0) is 16.1. The first-order valence-electron chi connectivity index (χ1n) is 7.43. The van der Waals surface area contributed by atoms with Crippen molar-refractivity contribution in [3.8, 4) is 0 Å². The van der Waals surface area contributed by atoms with E-state index in [4.69, 9.17) is 5.11 Å². The van der Waals surface area contributed by atoms with Crippen LogP contribution in [-0.2, 0) is 9.59 Å². The Balaban J connectivity index is 2.01. The first kappa shape index (κ1) is 16.8. The summed E-state index contributed by atoms with van der Waals surface area (Å²) in [6, 6.07) is 7.34. The fraction of sp³-hybridized carbons (Fsp3) is 0.500. The lowest BCUT2D eigenvalue weighted by Gasteiger charge is -2.34. The van der Waals surface area contributed by atoms with Crippen LogP contribution in [0.2, 0.25) is 0 Å². The Morgan fingerprint density at radius 3 is 2.82 bits per heavy atom. The van der Waals surface area contributed by atoms with E-state index in [1.165, 1.54) is 0 Å². The summed E-state index contributed by atoms with van der Waals surface area (Å²) in [6.45, 7) is 3.04. The third-order valence-electron chi connectivity index (χ3n) is 4.09. The van der Waals surface area contributed by atoms with Gasteiger partial charge in [-0.1, -0.05) is 12.1 Å². The van der Waals surface area contributed by atoms with Gasteiger partial charge in [0.2, 0.25) is 5.91 Å². The van der Waals surface area contributed by atoms with Crippen LogP contribution in [0.15, 0.2) is 29.2 Å². The molecule has 5 nitrogen and oxygen atoms in total. The average Bonchev–Trinajstić information content (AvgIpc) is 2.54. The average molecular weight is 322 g/mol. The standard InChI is InChI=1S/C16H22N2O3S/c1-11(18-9-5-6-12(10-18)16(20)21)15(19)17-13-7-3-4-8-14(13)22-2/h3-4,7-8,11-12H,5-6,9-10H2,1-2H3,(H,17,19)(H,20,21).